The van der Waals surface area contributed by atoms with Crippen LogP contribution in [-0.4, -0.2) is 62.1 Å². The van der Waals surface area contributed by atoms with Gasteiger partial charge in [0.1, 0.15) is 5.82 Å². The highest BCUT2D eigenvalue weighted by atomic mass is 19.1. The summed E-state index contributed by atoms with van der Waals surface area (Å²) >= 11 is 0. The van der Waals surface area contributed by atoms with Crippen molar-refractivity contribution in [2.45, 2.75) is 75.5 Å². The Kier molecular flexibility index (Phi) is 6.79. The number of aromatic nitrogens is 4. The second kappa shape index (κ2) is 10.5. The fourth-order valence-electron chi connectivity index (χ4n) is 5.21. The minimum Gasteiger partial charge on any atom is -0.379 e. The first-order chi connectivity index (χ1) is 18.5. The van der Waals surface area contributed by atoms with Crippen molar-refractivity contribution in [1.82, 2.24) is 30.2 Å². The molecule has 3 aromatic heterocycles. The Morgan fingerprint density at radius 3 is 2.47 bits per heavy atom. The minimum atomic E-state index is -0.618. The van der Waals surface area contributed by atoms with Gasteiger partial charge in [0.2, 0.25) is 5.91 Å². The summed E-state index contributed by atoms with van der Waals surface area (Å²) in [6.07, 6.45) is 11.6. The maximum atomic E-state index is 14.1. The molecule has 2 amide bonds. The third-order valence-corrected chi connectivity index (χ3v) is 7.46. The molecule has 2 aliphatic carbocycles. The van der Waals surface area contributed by atoms with Crippen LogP contribution in [0.25, 0.3) is 5.65 Å². The zero-order valence-corrected chi connectivity index (χ0v) is 21.0. The topological polar surface area (TPSA) is 137 Å². The third-order valence-electron chi connectivity index (χ3n) is 7.46. The molecule has 6 rings (SSSR count). The standard InChI is InChI=1S/C26H32FN9O2/c27-18-13-28-11-9-19(18)34-26(38)22-14-30-24-21(31-15-3-4-15)12-23(35-36(22)24)32-16-5-7-17(8-6-16)33-25(37)20-2-1-10-29-20/h9,11-17,20,29,31H,1-8,10H2,(H,32,35)(H,33,37)(H,28,34,38)/t16-,17-,20-/m0/s1. The molecule has 0 aromatic carbocycles. The average Bonchev–Trinajstić information content (AvgIpc) is 3.37. The first-order valence-electron chi connectivity index (χ1n) is 13.4. The lowest BCUT2D eigenvalue weighted by molar-refractivity contribution is -0.123. The highest BCUT2D eigenvalue weighted by molar-refractivity contribution is 6.03. The SMILES string of the molecule is O=C(Nc1ccncc1F)c1cnc2c(NC3CC3)cc(N[C@H]3CC[C@H](NC(=O)[C@@H]4CCCN4)CC3)nn12. The zero-order valence-electron chi connectivity index (χ0n) is 21.0. The second-order valence-corrected chi connectivity index (χ2v) is 10.4. The molecule has 200 valence electrons. The van der Waals surface area contributed by atoms with Gasteiger partial charge in [-0.2, -0.15) is 0 Å². The lowest BCUT2D eigenvalue weighted by Gasteiger charge is -2.30. The van der Waals surface area contributed by atoms with Gasteiger partial charge in [0.25, 0.3) is 5.91 Å². The maximum Gasteiger partial charge on any atom is 0.276 e. The van der Waals surface area contributed by atoms with Gasteiger partial charge in [0, 0.05) is 30.4 Å². The first kappa shape index (κ1) is 24.5. The van der Waals surface area contributed by atoms with Crippen LogP contribution >= 0.6 is 0 Å². The van der Waals surface area contributed by atoms with Crippen molar-refractivity contribution in [3.8, 4) is 0 Å². The quantitative estimate of drug-likeness (QED) is 0.305. The van der Waals surface area contributed by atoms with Crippen LogP contribution in [0, 0.1) is 5.82 Å². The Bertz CT molecular complexity index is 1330. The Morgan fingerprint density at radius 2 is 1.74 bits per heavy atom. The second-order valence-electron chi connectivity index (χ2n) is 10.4. The van der Waals surface area contributed by atoms with E-state index in [1.807, 2.05) is 6.07 Å². The summed E-state index contributed by atoms with van der Waals surface area (Å²) in [6, 6.07) is 4.03. The van der Waals surface area contributed by atoms with Crippen molar-refractivity contribution in [1.29, 1.82) is 0 Å². The Hall–Kier alpha value is -3.80. The molecule has 0 unspecified atom stereocenters. The lowest BCUT2D eigenvalue weighted by atomic mass is 9.91. The molecule has 0 radical (unpaired) electrons. The number of fused-ring (bicyclic) bond motifs is 1. The van der Waals surface area contributed by atoms with Crippen molar-refractivity contribution in [3.05, 3.63) is 42.2 Å². The van der Waals surface area contributed by atoms with E-state index in [2.05, 4.69) is 41.7 Å². The summed E-state index contributed by atoms with van der Waals surface area (Å²) in [5, 5.41) is 20.7. The van der Waals surface area contributed by atoms with Gasteiger partial charge >= 0.3 is 0 Å². The largest absolute Gasteiger partial charge is 0.379 e. The number of nitrogens with one attached hydrogen (secondary N) is 5. The van der Waals surface area contributed by atoms with Crippen LogP contribution < -0.4 is 26.6 Å². The molecular weight excluding hydrogens is 489 g/mol. The van der Waals surface area contributed by atoms with Crippen molar-refractivity contribution in [2.24, 2.45) is 0 Å². The van der Waals surface area contributed by atoms with Gasteiger partial charge in [0.05, 0.1) is 29.8 Å². The van der Waals surface area contributed by atoms with E-state index in [0.717, 1.165) is 69.8 Å². The molecule has 1 saturated heterocycles. The Balaban J connectivity index is 1.16. The molecule has 12 heteroatoms. The van der Waals surface area contributed by atoms with Crippen LogP contribution in [0.3, 0.4) is 0 Å². The number of carbonyl (C=O) groups is 2. The van der Waals surface area contributed by atoms with Crippen LogP contribution in [0.4, 0.5) is 21.6 Å². The highest BCUT2D eigenvalue weighted by Gasteiger charge is 2.28. The normalized spacial score (nSPS) is 23.2. The van der Waals surface area contributed by atoms with E-state index in [-0.39, 0.29) is 35.4 Å². The number of rotatable bonds is 8. The van der Waals surface area contributed by atoms with Gasteiger partial charge in [0.15, 0.2) is 17.2 Å². The summed E-state index contributed by atoms with van der Waals surface area (Å²) in [4.78, 5) is 33.7. The molecule has 0 bridgehead atoms. The highest BCUT2D eigenvalue weighted by Crippen LogP contribution is 2.30. The summed E-state index contributed by atoms with van der Waals surface area (Å²) in [5.41, 5.74) is 1.57. The van der Waals surface area contributed by atoms with Gasteiger partial charge in [-0.05, 0) is 64.0 Å². The van der Waals surface area contributed by atoms with E-state index in [4.69, 9.17) is 0 Å². The van der Waals surface area contributed by atoms with E-state index in [1.165, 1.54) is 23.0 Å². The monoisotopic (exact) mass is 521 g/mol. The molecule has 3 aromatic rings. The first-order valence-corrected chi connectivity index (χ1v) is 13.4. The summed E-state index contributed by atoms with van der Waals surface area (Å²) in [5.74, 6) is -0.394. The van der Waals surface area contributed by atoms with E-state index in [1.54, 1.807) is 0 Å². The number of halogens is 1. The van der Waals surface area contributed by atoms with Crippen molar-refractivity contribution in [3.63, 3.8) is 0 Å². The summed E-state index contributed by atoms with van der Waals surface area (Å²) in [6.45, 7) is 0.907. The zero-order chi connectivity index (χ0) is 26.1. The number of nitrogens with zero attached hydrogens (tertiary/aromatic N) is 4. The molecule has 1 aliphatic heterocycles. The molecule has 4 heterocycles. The fraction of sp³-hybridized carbons (Fsp3) is 0.500. The minimum absolute atomic E-state index is 0.0399. The molecule has 3 aliphatic rings. The summed E-state index contributed by atoms with van der Waals surface area (Å²) in [7, 11) is 0. The van der Waals surface area contributed by atoms with E-state index >= 15 is 0 Å². The van der Waals surface area contributed by atoms with Gasteiger partial charge in [-0.1, -0.05) is 0 Å². The number of hydrogen-bond donors (Lipinski definition) is 5. The Morgan fingerprint density at radius 1 is 0.974 bits per heavy atom. The fourth-order valence-corrected chi connectivity index (χ4v) is 5.21. The average molecular weight is 522 g/mol. The van der Waals surface area contributed by atoms with Crippen molar-refractivity contribution in [2.75, 3.05) is 22.5 Å². The van der Waals surface area contributed by atoms with E-state index in [9.17, 15) is 14.0 Å². The number of hydrogen-bond acceptors (Lipinski definition) is 8. The van der Waals surface area contributed by atoms with Crippen molar-refractivity contribution < 1.29 is 14.0 Å². The lowest BCUT2D eigenvalue weighted by Crippen LogP contribution is -2.47. The van der Waals surface area contributed by atoms with Gasteiger partial charge in [-0.15, -0.1) is 5.10 Å². The summed E-state index contributed by atoms with van der Waals surface area (Å²) < 4.78 is 15.6. The third kappa shape index (κ3) is 5.40. The molecule has 11 nitrogen and oxygen atoms in total. The molecular formula is C26H32FN9O2. The van der Waals surface area contributed by atoms with E-state index in [0.29, 0.717) is 17.5 Å². The number of imidazole rings is 1. The Labute approximate surface area is 219 Å². The number of pyridine rings is 1. The molecule has 5 N–H and O–H groups in total. The predicted molar refractivity (Wildman–Crippen MR) is 141 cm³/mol. The number of carbonyl (C=O) groups excluding carboxylic acids is 2. The molecule has 2 saturated carbocycles. The smallest absolute Gasteiger partial charge is 0.276 e. The number of amides is 2. The molecule has 3 fully saturated rings. The van der Waals surface area contributed by atoms with Gasteiger partial charge in [-0.25, -0.2) is 13.9 Å². The predicted octanol–water partition coefficient (Wildman–Crippen LogP) is 2.68. The van der Waals surface area contributed by atoms with Crippen LogP contribution in [-0.2, 0) is 4.79 Å². The maximum absolute atomic E-state index is 14.1. The number of anilines is 3. The molecule has 0 spiro atoms. The van der Waals surface area contributed by atoms with Crippen LogP contribution in [0.5, 0.6) is 0 Å². The van der Waals surface area contributed by atoms with Crippen LogP contribution in [0.1, 0.15) is 61.9 Å². The molecule has 1 atom stereocenters. The van der Waals surface area contributed by atoms with Crippen LogP contribution in [0.2, 0.25) is 0 Å². The van der Waals surface area contributed by atoms with E-state index < -0.39 is 11.7 Å². The van der Waals surface area contributed by atoms with Gasteiger partial charge in [-0.3, -0.25) is 14.6 Å². The van der Waals surface area contributed by atoms with Crippen LogP contribution in [0.15, 0.2) is 30.7 Å². The molecule has 38 heavy (non-hydrogen) atoms. The van der Waals surface area contributed by atoms with Crippen molar-refractivity contribution >= 4 is 34.7 Å². The van der Waals surface area contributed by atoms with Gasteiger partial charge < -0.3 is 26.6 Å².